The first-order valence-corrected chi connectivity index (χ1v) is 6.94. The summed E-state index contributed by atoms with van der Waals surface area (Å²) in [5.41, 5.74) is 7.60. The summed E-state index contributed by atoms with van der Waals surface area (Å²) in [6.07, 6.45) is 2.30. The smallest absolute Gasteiger partial charge is 0.141 e. The minimum atomic E-state index is -0.253. The number of hydrogen-bond acceptors (Lipinski definition) is 3. The fourth-order valence-electron chi connectivity index (χ4n) is 1.88. The van der Waals surface area contributed by atoms with Crippen molar-refractivity contribution < 1.29 is 4.39 Å². The zero-order valence-electron chi connectivity index (χ0n) is 10.7. The van der Waals surface area contributed by atoms with Crippen molar-refractivity contribution in [1.82, 2.24) is 9.97 Å². The lowest BCUT2D eigenvalue weighted by Gasteiger charge is -2.08. The summed E-state index contributed by atoms with van der Waals surface area (Å²) in [6, 6.07) is 6.44. The van der Waals surface area contributed by atoms with Crippen LogP contribution in [0.15, 0.2) is 28.7 Å². The van der Waals surface area contributed by atoms with Crippen LogP contribution in [0.1, 0.15) is 30.4 Å². The number of benzene rings is 1. The second kappa shape index (κ2) is 6.10. The first kappa shape index (κ1) is 13.9. The van der Waals surface area contributed by atoms with E-state index in [1.807, 2.05) is 6.07 Å². The van der Waals surface area contributed by atoms with Crippen molar-refractivity contribution in [3.63, 3.8) is 0 Å². The molecule has 0 unspecified atom stereocenters. The lowest BCUT2D eigenvalue weighted by atomic mass is 10.1. The third-order valence-corrected chi connectivity index (χ3v) is 3.59. The predicted molar refractivity (Wildman–Crippen MR) is 77.3 cm³/mol. The van der Waals surface area contributed by atoms with Gasteiger partial charge in [-0.25, -0.2) is 14.4 Å². The second-order valence-electron chi connectivity index (χ2n) is 4.34. The van der Waals surface area contributed by atoms with Crippen molar-refractivity contribution in [2.45, 2.75) is 26.2 Å². The van der Waals surface area contributed by atoms with Crippen LogP contribution in [0.2, 0.25) is 0 Å². The quantitative estimate of drug-likeness (QED) is 0.936. The van der Waals surface area contributed by atoms with Gasteiger partial charge in [-0.2, -0.15) is 0 Å². The van der Waals surface area contributed by atoms with Gasteiger partial charge >= 0.3 is 0 Å². The van der Waals surface area contributed by atoms with Crippen LogP contribution in [0, 0.1) is 5.82 Å². The highest BCUT2D eigenvalue weighted by atomic mass is 79.9. The molecule has 0 saturated heterocycles. The van der Waals surface area contributed by atoms with Gasteiger partial charge in [-0.1, -0.05) is 25.5 Å². The first-order valence-electron chi connectivity index (χ1n) is 6.15. The molecule has 0 bridgehead atoms. The molecule has 2 aromatic rings. The molecule has 0 radical (unpaired) electrons. The van der Waals surface area contributed by atoms with Crippen LogP contribution in [0.3, 0.4) is 0 Å². The van der Waals surface area contributed by atoms with Gasteiger partial charge in [0.2, 0.25) is 0 Å². The summed E-state index contributed by atoms with van der Waals surface area (Å²) in [5, 5.41) is 0. The molecule has 1 aromatic heterocycles. The van der Waals surface area contributed by atoms with Crippen LogP contribution in [0.25, 0.3) is 0 Å². The Labute approximate surface area is 120 Å². The molecule has 100 valence electrons. The number of halogens is 2. The third kappa shape index (κ3) is 3.50. The van der Waals surface area contributed by atoms with Crippen LogP contribution in [0.4, 0.5) is 10.2 Å². The Bertz CT molecular complexity index is 587. The molecule has 5 heteroatoms. The molecular weight excluding hydrogens is 309 g/mol. The van der Waals surface area contributed by atoms with Gasteiger partial charge in [-0.15, -0.1) is 0 Å². The van der Waals surface area contributed by atoms with Gasteiger partial charge < -0.3 is 5.73 Å². The average molecular weight is 324 g/mol. The molecular formula is C14H15BrFN3. The molecule has 2 rings (SSSR count). The molecule has 0 amide bonds. The van der Waals surface area contributed by atoms with Crippen molar-refractivity contribution in [3.05, 3.63) is 51.6 Å². The minimum Gasteiger partial charge on any atom is -0.383 e. The van der Waals surface area contributed by atoms with E-state index in [4.69, 9.17) is 5.73 Å². The number of aromatic nitrogens is 2. The number of nitrogens with two attached hydrogens (primary N) is 1. The number of nitrogen functional groups attached to an aromatic ring is 1. The standard InChI is InChI=1S/C14H15BrFN3/c1-2-4-11-13(15)14(17)19-12(18-11)8-9-5-3-6-10(16)7-9/h3,5-7H,2,4,8H2,1H3,(H2,17,18,19). The number of anilines is 1. The SMILES string of the molecule is CCCc1nc(Cc2cccc(F)c2)nc(N)c1Br. The normalized spacial score (nSPS) is 10.7. The van der Waals surface area contributed by atoms with Gasteiger partial charge in [0.1, 0.15) is 17.5 Å². The van der Waals surface area contributed by atoms with E-state index in [0.29, 0.717) is 18.1 Å². The predicted octanol–water partition coefficient (Wildman–Crippen LogP) is 3.50. The number of aryl methyl sites for hydroxylation is 1. The molecule has 0 aliphatic carbocycles. The molecule has 2 N–H and O–H groups in total. The highest BCUT2D eigenvalue weighted by molar-refractivity contribution is 9.10. The van der Waals surface area contributed by atoms with Gasteiger partial charge in [0, 0.05) is 6.42 Å². The Morgan fingerprint density at radius 1 is 1.32 bits per heavy atom. The summed E-state index contributed by atoms with van der Waals surface area (Å²) < 4.78 is 13.9. The van der Waals surface area contributed by atoms with Crippen LogP contribution < -0.4 is 5.73 Å². The Morgan fingerprint density at radius 3 is 2.79 bits per heavy atom. The second-order valence-corrected chi connectivity index (χ2v) is 5.14. The maximum absolute atomic E-state index is 13.1. The molecule has 3 nitrogen and oxygen atoms in total. The number of hydrogen-bond donors (Lipinski definition) is 1. The van der Waals surface area contributed by atoms with E-state index >= 15 is 0 Å². The summed E-state index contributed by atoms with van der Waals surface area (Å²) in [7, 11) is 0. The third-order valence-electron chi connectivity index (χ3n) is 2.73. The lowest BCUT2D eigenvalue weighted by Crippen LogP contribution is -2.06. The topological polar surface area (TPSA) is 51.8 Å². The Hall–Kier alpha value is -1.49. The van der Waals surface area contributed by atoms with E-state index in [0.717, 1.165) is 28.6 Å². The molecule has 19 heavy (non-hydrogen) atoms. The highest BCUT2D eigenvalue weighted by Crippen LogP contribution is 2.23. The summed E-state index contributed by atoms with van der Waals surface area (Å²) in [5.74, 6) is 0.802. The van der Waals surface area contributed by atoms with E-state index < -0.39 is 0 Å². The minimum absolute atomic E-state index is 0.253. The monoisotopic (exact) mass is 323 g/mol. The van der Waals surface area contributed by atoms with Gasteiger partial charge in [0.05, 0.1) is 10.2 Å². The summed E-state index contributed by atoms with van der Waals surface area (Å²) in [4.78, 5) is 8.73. The molecule has 1 aromatic carbocycles. The Balaban J connectivity index is 2.30. The van der Waals surface area contributed by atoms with Crippen molar-refractivity contribution in [2.75, 3.05) is 5.73 Å². The zero-order chi connectivity index (χ0) is 13.8. The van der Waals surface area contributed by atoms with Crippen LogP contribution in [-0.4, -0.2) is 9.97 Å². The van der Waals surface area contributed by atoms with Crippen molar-refractivity contribution in [3.8, 4) is 0 Å². The molecule has 1 heterocycles. The maximum Gasteiger partial charge on any atom is 0.141 e. The van der Waals surface area contributed by atoms with E-state index in [2.05, 4.69) is 32.8 Å². The molecule has 0 aliphatic rings. The number of rotatable bonds is 4. The van der Waals surface area contributed by atoms with E-state index in [9.17, 15) is 4.39 Å². The molecule has 0 spiro atoms. The first-order chi connectivity index (χ1) is 9.10. The van der Waals surface area contributed by atoms with E-state index in [-0.39, 0.29) is 5.82 Å². The molecule has 0 fully saturated rings. The zero-order valence-corrected chi connectivity index (χ0v) is 12.2. The van der Waals surface area contributed by atoms with Crippen LogP contribution in [0.5, 0.6) is 0 Å². The highest BCUT2D eigenvalue weighted by Gasteiger charge is 2.10. The Kier molecular flexibility index (Phi) is 4.47. The largest absolute Gasteiger partial charge is 0.383 e. The van der Waals surface area contributed by atoms with Crippen LogP contribution in [-0.2, 0) is 12.8 Å². The maximum atomic E-state index is 13.1. The van der Waals surface area contributed by atoms with Gasteiger partial charge in [0.25, 0.3) is 0 Å². The van der Waals surface area contributed by atoms with E-state index in [1.165, 1.54) is 12.1 Å². The molecule has 0 aliphatic heterocycles. The van der Waals surface area contributed by atoms with Crippen molar-refractivity contribution in [1.29, 1.82) is 0 Å². The average Bonchev–Trinajstić information content (AvgIpc) is 2.35. The lowest BCUT2D eigenvalue weighted by molar-refractivity contribution is 0.625. The number of nitrogens with zero attached hydrogens (tertiary/aromatic N) is 2. The Morgan fingerprint density at radius 2 is 2.11 bits per heavy atom. The van der Waals surface area contributed by atoms with Crippen LogP contribution >= 0.6 is 15.9 Å². The van der Waals surface area contributed by atoms with Gasteiger partial charge in [-0.3, -0.25) is 0 Å². The summed E-state index contributed by atoms with van der Waals surface area (Å²) >= 11 is 3.40. The van der Waals surface area contributed by atoms with Crippen molar-refractivity contribution >= 4 is 21.7 Å². The van der Waals surface area contributed by atoms with Crippen molar-refractivity contribution in [2.24, 2.45) is 0 Å². The molecule has 0 atom stereocenters. The molecule has 0 saturated carbocycles. The fourth-order valence-corrected chi connectivity index (χ4v) is 2.25. The van der Waals surface area contributed by atoms with E-state index in [1.54, 1.807) is 6.07 Å². The van der Waals surface area contributed by atoms with Gasteiger partial charge in [-0.05, 0) is 40.0 Å². The summed E-state index contributed by atoms with van der Waals surface area (Å²) in [6.45, 7) is 2.08. The fraction of sp³-hybridized carbons (Fsp3) is 0.286. The van der Waals surface area contributed by atoms with Gasteiger partial charge in [0.15, 0.2) is 0 Å².